The Morgan fingerprint density at radius 3 is 2.21 bits per heavy atom. The molecule has 2 nitrogen and oxygen atoms in total. The second-order valence-electron chi connectivity index (χ2n) is 4.70. The van der Waals surface area contributed by atoms with Crippen LogP contribution in [0, 0.1) is 5.82 Å². The van der Waals surface area contributed by atoms with Crippen molar-refractivity contribution < 1.29 is 31.4 Å². The van der Waals surface area contributed by atoms with Crippen molar-refractivity contribution in [2.24, 2.45) is 0 Å². The first kappa shape index (κ1) is 17.8. The highest BCUT2D eigenvalue weighted by atomic mass is 19.3. The summed E-state index contributed by atoms with van der Waals surface area (Å²) in [6, 6.07) is 10.0. The molecular weight excluding hydrogens is 331 g/mol. The lowest BCUT2D eigenvalue weighted by atomic mass is 10.1. The number of alkyl halides is 2. The number of benzene rings is 2. The topological polar surface area (TPSA) is 18.5 Å². The number of hydrogen-bond acceptors (Lipinski definition) is 2. The van der Waals surface area contributed by atoms with Crippen molar-refractivity contribution >= 4 is 0 Å². The first-order valence-electron chi connectivity index (χ1n) is 6.94. The smallest absolute Gasteiger partial charge is 0.425 e. The molecule has 0 saturated carbocycles. The molecular formula is C17H13F5O2. The summed E-state index contributed by atoms with van der Waals surface area (Å²) in [6.45, 7) is 2.34. The molecule has 0 saturated heterocycles. The highest BCUT2D eigenvalue weighted by Gasteiger charge is 2.31. The van der Waals surface area contributed by atoms with Crippen molar-refractivity contribution in [3.63, 3.8) is 0 Å². The first-order chi connectivity index (χ1) is 11.3. The lowest BCUT2D eigenvalue weighted by Gasteiger charge is -2.15. The molecule has 0 heterocycles. The molecule has 0 spiro atoms. The van der Waals surface area contributed by atoms with Crippen LogP contribution in [0.25, 0.3) is 11.1 Å². The van der Waals surface area contributed by atoms with E-state index in [1.807, 2.05) is 6.92 Å². The minimum absolute atomic E-state index is 0.415. The number of ether oxygens (including phenoxy) is 2. The van der Waals surface area contributed by atoms with Gasteiger partial charge in [0.2, 0.25) is 0 Å². The molecule has 0 bridgehead atoms. The molecule has 0 N–H and O–H groups in total. The molecule has 0 fully saturated rings. The van der Waals surface area contributed by atoms with Crippen LogP contribution in [0.15, 0.2) is 54.6 Å². The van der Waals surface area contributed by atoms with Crippen LogP contribution in [0.3, 0.4) is 0 Å². The predicted molar refractivity (Wildman–Crippen MR) is 78.9 cm³/mol. The number of hydrogen-bond donors (Lipinski definition) is 0. The third-order valence-corrected chi connectivity index (χ3v) is 2.95. The molecule has 2 aromatic rings. The zero-order valence-electron chi connectivity index (χ0n) is 12.5. The first-order valence-corrected chi connectivity index (χ1v) is 6.94. The lowest BCUT2D eigenvalue weighted by Crippen LogP contribution is -2.22. The van der Waals surface area contributed by atoms with Crippen molar-refractivity contribution in [2.75, 3.05) is 6.61 Å². The number of halogens is 5. The minimum Gasteiger partial charge on any atom is -0.494 e. The SMILES string of the molecule is CCOc1ccc(-c2ccc(OC(F)(F)C=C(F)F)c(F)c2)cc1. The largest absolute Gasteiger partial charge is 0.494 e. The maximum absolute atomic E-state index is 13.9. The van der Waals surface area contributed by atoms with Gasteiger partial charge in [0.05, 0.1) is 12.7 Å². The molecule has 7 heteroatoms. The van der Waals surface area contributed by atoms with Crippen molar-refractivity contribution in [1.82, 2.24) is 0 Å². The second-order valence-corrected chi connectivity index (χ2v) is 4.70. The van der Waals surface area contributed by atoms with Gasteiger partial charge in [-0.15, -0.1) is 0 Å². The number of rotatable bonds is 6. The average molecular weight is 344 g/mol. The second kappa shape index (κ2) is 7.33. The van der Waals surface area contributed by atoms with Crippen LogP contribution in [-0.4, -0.2) is 12.7 Å². The molecule has 0 aromatic heterocycles. The maximum Gasteiger partial charge on any atom is 0.425 e. The van der Waals surface area contributed by atoms with Crippen LogP contribution in [0.5, 0.6) is 11.5 Å². The van der Waals surface area contributed by atoms with Crippen molar-refractivity contribution in [3.8, 4) is 22.6 Å². The van der Waals surface area contributed by atoms with Gasteiger partial charge in [-0.3, -0.25) is 0 Å². The molecule has 0 aliphatic rings. The average Bonchev–Trinajstić information content (AvgIpc) is 2.49. The van der Waals surface area contributed by atoms with Gasteiger partial charge in [-0.05, 0) is 42.3 Å². The summed E-state index contributed by atoms with van der Waals surface area (Å²) in [7, 11) is 0. The van der Waals surface area contributed by atoms with E-state index in [-0.39, 0.29) is 0 Å². The summed E-state index contributed by atoms with van der Waals surface area (Å²) in [5, 5.41) is 0. The molecule has 2 aromatic carbocycles. The Morgan fingerprint density at radius 1 is 1.04 bits per heavy atom. The van der Waals surface area contributed by atoms with E-state index in [9.17, 15) is 22.0 Å². The maximum atomic E-state index is 13.9. The van der Waals surface area contributed by atoms with Crippen LogP contribution < -0.4 is 9.47 Å². The Balaban J connectivity index is 2.22. The van der Waals surface area contributed by atoms with E-state index < -0.39 is 29.8 Å². The molecule has 2 rings (SSSR count). The van der Waals surface area contributed by atoms with Crippen molar-refractivity contribution in [3.05, 3.63) is 60.4 Å². The molecule has 24 heavy (non-hydrogen) atoms. The normalized spacial score (nSPS) is 11.1. The fraction of sp³-hybridized carbons (Fsp3) is 0.176. The monoisotopic (exact) mass is 344 g/mol. The van der Waals surface area contributed by atoms with Gasteiger partial charge < -0.3 is 9.47 Å². The zero-order chi connectivity index (χ0) is 17.7. The lowest BCUT2D eigenvalue weighted by molar-refractivity contribution is -0.135. The van der Waals surface area contributed by atoms with Crippen LogP contribution in [0.4, 0.5) is 22.0 Å². The molecule has 0 atom stereocenters. The molecule has 0 amide bonds. The quantitative estimate of drug-likeness (QED) is 0.631. The van der Waals surface area contributed by atoms with Gasteiger partial charge in [0.1, 0.15) is 5.75 Å². The van der Waals surface area contributed by atoms with Crippen LogP contribution in [0.1, 0.15) is 6.92 Å². The van der Waals surface area contributed by atoms with Gasteiger partial charge in [0.15, 0.2) is 11.6 Å². The van der Waals surface area contributed by atoms with Crippen LogP contribution >= 0.6 is 0 Å². The van der Waals surface area contributed by atoms with E-state index >= 15 is 0 Å². The van der Waals surface area contributed by atoms with E-state index in [2.05, 4.69) is 4.74 Å². The van der Waals surface area contributed by atoms with Crippen LogP contribution in [0.2, 0.25) is 0 Å². The fourth-order valence-corrected chi connectivity index (χ4v) is 1.98. The van der Waals surface area contributed by atoms with E-state index in [4.69, 9.17) is 4.74 Å². The Morgan fingerprint density at radius 2 is 1.67 bits per heavy atom. The summed E-state index contributed by atoms with van der Waals surface area (Å²) in [6.07, 6.45) is -7.61. The van der Waals surface area contributed by atoms with Gasteiger partial charge in [-0.1, -0.05) is 18.2 Å². The standard InChI is InChI=1S/C17H13F5O2/c1-2-23-13-6-3-11(4-7-13)12-5-8-15(14(18)9-12)24-17(21,22)10-16(19)20/h3-10H,2H2,1H3. The van der Waals surface area contributed by atoms with Crippen molar-refractivity contribution in [1.29, 1.82) is 0 Å². The van der Waals surface area contributed by atoms with Gasteiger partial charge in [0, 0.05) is 0 Å². The van der Waals surface area contributed by atoms with E-state index in [0.717, 1.165) is 12.1 Å². The summed E-state index contributed by atoms with van der Waals surface area (Å²) in [5.41, 5.74) is 1.05. The summed E-state index contributed by atoms with van der Waals surface area (Å²) in [4.78, 5) is 0. The Bertz CT molecular complexity index is 722. The summed E-state index contributed by atoms with van der Waals surface area (Å²) in [5.74, 6) is -1.28. The predicted octanol–water partition coefficient (Wildman–Crippen LogP) is 5.64. The molecule has 128 valence electrons. The zero-order valence-corrected chi connectivity index (χ0v) is 12.5. The molecule has 0 aliphatic carbocycles. The summed E-state index contributed by atoms with van der Waals surface area (Å²) >= 11 is 0. The van der Waals surface area contributed by atoms with Crippen LogP contribution in [-0.2, 0) is 0 Å². The third-order valence-electron chi connectivity index (χ3n) is 2.95. The minimum atomic E-state index is -4.31. The third kappa shape index (κ3) is 4.71. The van der Waals surface area contributed by atoms with E-state index in [0.29, 0.717) is 23.5 Å². The fourth-order valence-electron chi connectivity index (χ4n) is 1.98. The van der Waals surface area contributed by atoms with Gasteiger partial charge in [0.25, 0.3) is 6.08 Å². The molecule has 0 radical (unpaired) electrons. The van der Waals surface area contributed by atoms with Crippen molar-refractivity contribution in [2.45, 2.75) is 13.0 Å². The van der Waals surface area contributed by atoms with Gasteiger partial charge >= 0.3 is 6.11 Å². The van der Waals surface area contributed by atoms with Gasteiger partial charge in [-0.2, -0.15) is 17.6 Å². The van der Waals surface area contributed by atoms with E-state index in [1.165, 1.54) is 6.07 Å². The van der Waals surface area contributed by atoms with Gasteiger partial charge in [-0.25, -0.2) is 4.39 Å². The summed E-state index contributed by atoms with van der Waals surface area (Å²) < 4.78 is 73.2. The Hall–Kier alpha value is -2.57. The molecule has 0 aliphatic heterocycles. The molecule has 0 unspecified atom stereocenters. The van der Waals surface area contributed by atoms with E-state index in [1.54, 1.807) is 24.3 Å². The Labute approximate surface area is 135 Å². The Kier molecular flexibility index (Phi) is 5.43. The highest BCUT2D eigenvalue weighted by Crippen LogP contribution is 2.31. The highest BCUT2D eigenvalue weighted by molar-refractivity contribution is 5.65.